The average molecular weight is 314 g/mol. The lowest BCUT2D eigenvalue weighted by Crippen LogP contribution is -2.36. The highest BCUT2D eigenvalue weighted by Crippen LogP contribution is 2.61. The number of hydrogen-bond acceptors (Lipinski definition) is 4. The molecule has 2 aliphatic rings. The molecule has 1 saturated heterocycles. The Kier molecular flexibility index (Phi) is 4.09. The van der Waals surface area contributed by atoms with E-state index in [9.17, 15) is 23.2 Å². The molecule has 8 heteroatoms. The van der Waals surface area contributed by atoms with Gasteiger partial charge in [-0.25, -0.2) is 18.5 Å². The first kappa shape index (κ1) is 16.2. The van der Waals surface area contributed by atoms with Crippen LogP contribution in [0.15, 0.2) is 0 Å². The van der Waals surface area contributed by atoms with Gasteiger partial charge in [-0.2, -0.15) is 0 Å². The number of urea groups is 1. The van der Waals surface area contributed by atoms with Crippen molar-refractivity contribution in [2.75, 3.05) is 19.8 Å². The van der Waals surface area contributed by atoms with Crippen LogP contribution in [-0.2, 0) is 14.3 Å². The summed E-state index contributed by atoms with van der Waals surface area (Å²) in [5.74, 6) is -1.13. The molecule has 120 valence electrons. The molecule has 0 spiro atoms. The highest BCUT2D eigenvalue weighted by molar-refractivity contribution is 6.02. The van der Waals surface area contributed by atoms with Gasteiger partial charge >= 0.3 is 12.0 Å². The van der Waals surface area contributed by atoms with E-state index in [1.807, 2.05) is 0 Å². The number of esters is 1. The molecule has 1 heterocycles. The van der Waals surface area contributed by atoms with Crippen LogP contribution in [0, 0.1) is 29.6 Å². The quantitative estimate of drug-likeness (QED) is 0.430. The van der Waals surface area contributed by atoms with Crippen LogP contribution in [0.25, 0.3) is 0 Å². The maximum atomic E-state index is 12.8. The maximum absolute atomic E-state index is 12.8. The van der Waals surface area contributed by atoms with Gasteiger partial charge in [0.2, 0.25) is 6.43 Å². The van der Waals surface area contributed by atoms with Crippen molar-refractivity contribution >= 4 is 17.9 Å². The molecule has 0 aromatic rings. The molecule has 0 N–H and O–H groups in total. The molecule has 2 fully saturated rings. The summed E-state index contributed by atoms with van der Waals surface area (Å²) in [6, 6.07) is -0.656. The van der Waals surface area contributed by atoms with Crippen molar-refractivity contribution in [2.45, 2.75) is 20.3 Å². The Morgan fingerprint density at radius 1 is 1.50 bits per heavy atom. The first-order valence-corrected chi connectivity index (χ1v) is 6.69. The van der Waals surface area contributed by atoms with E-state index >= 15 is 0 Å². The van der Waals surface area contributed by atoms with Crippen molar-refractivity contribution < 1.29 is 27.9 Å². The van der Waals surface area contributed by atoms with E-state index in [-0.39, 0.29) is 13.1 Å². The fourth-order valence-electron chi connectivity index (χ4n) is 2.77. The Bertz CT molecular complexity index is 556. The molecule has 0 radical (unpaired) electrons. The minimum Gasteiger partial charge on any atom is -0.443 e. The van der Waals surface area contributed by atoms with Crippen molar-refractivity contribution in [1.29, 1.82) is 0 Å². The topological polar surface area (TPSA) is 66.9 Å². The zero-order chi connectivity index (χ0) is 16.7. The van der Waals surface area contributed by atoms with Gasteiger partial charge < -0.3 is 9.64 Å². The molecule has 3 amide bonds. The fraction of sp³-hybridized carbons (Fsp3) is 0.643. The summed E-state index contributed by atoms with van der Waals surface area (Å²) in [6.07, 6.45) is 2.46. The standard InChI is InChI=1S/C14H16F2N2O4/c1-4-5-17-6-8(19)18(13(17)21)7-22-12(20)10-9(11(15)16)14(10,2)3/h1,9-11H,5-7H2,2-3H3. The van der Waals surface area contributed by atoms with Crippen LogP contribution in [0.2, 0.25) is 0 Å². The predicted molar refractivity (Wildman–Crippen MR) is 70.4 cm³/mol. The van der Waals surface area contributed by atoms with E-state index in [0.29, 0.717) is 0 Å². The molecule has 6 nitrogen and oxygen atoms in total. The van der Waals surface area contributed by atoms with Gasteiger partial charge in [-0.15, -0.1) is 6.42 Å². The van der Waals surface area contributed by atoms with Crippen molar-refractivity contribution in [3.05, 3.63) is 0 Å². The Hall–Kier alpha value is -2.17. The van der Waals surface area contributed by atoms with E-state index in [4.69, 9.17) is 11.2 Å². The summed E-state index contributed by atoms with van der Waals surface area (Å²) in [5.41, 5.74) is -0.847. The van der Waals surface area contributed by atoms with Gasteiger partial charge in [-0.05, 0) is 5.41 Å². The van der Waals surface area contributed by atoms with Crippen LogP contribution in [0.3, 0.4) is 0 Å². The van der Waals surface area contributed by atoms with Crippen LogP contribution >= 0.6 is 0 Å². The van der Waals surface area contributed by atoms with Gasteiger partial charge in [-0.3, -0.25) is 9.59 Å². The molecular formula is C14H16F2N2O4. The van der Waals surface area contributed by atoms with Gasteiger partial charge in [0.15, 0.2) is 6.73 Å². The minimum absolute atomic E-state index is 0.0296. The van der Waals surface area contributed by atoms with Gasteiger partial charge in [0.05, 0.1) is 12.5 Å². The van der Waals surface area contributed by atoms with E-state index < -0.39 is 48.3 Å². The molecule has 0 bridgehead atoms. The average Bonchev–Trinajstić information content (AvgIpc) is 2.90. The summed E-state index contributed by atoms with van der Waals surface area (Å²) in [4.78, 5) is 37.2. The zero-order valence-electron chi connectivity index (χ0n) is 12.2. The van der Waals surface area contributed by atoms with Gasteiger partial charge in [0.25, 0.3) is 5.91 Å². The first-order chi connectivity index (χ1) is 10.2. The fourth-order valence-corrected chi connectivity index (χ4v) is 2.77. The SMILES string of the molecule is C#CCN1CC(=O)N(COC(=O)C2C(C(F)F)C2(C)C)C1=O. The normalized spacial score (nSPS) is 26.4. The maximum Gasteiger partial charge on any atom is 0.330 e. The number of alkyl halides is 2. The number of imide groups is 1. The number of amides is 3. The second-order valence-electron chi connectivity index (χ2n) is 5.92. The highest BCUT2D eigenvalue weighted by atomic mass is 19.3. The van der Waals surface area contributed by atoms with E-state index in [0.717, 1.165) is 9.80 Å². The number of ether oxygens (including phenoxy) is 1. The van der Waals surface area contributed by atoms with E-state index in [2.05, 4.69) is 5.92 Å². The van der Waals surface area contributed by atoms with Crippen molar-refractivity contribution in [2.24, 2.45) is 17.3 Å². The molecule has 1 aliphatic carbocycles. The lowest BCUT2D eigenvalue weighted by Gasteiger charge is -2.15. The summed E-state index contributed by atoms with van der Waals surface area (Å²) in [7, 11) is 0. The Morgan fingerprint density at radius 3 is 2.64 bits per heavy atom. The first-order valence-electron chi connectivity index (χ1n) is 6.69. The summed E-state index contributed by atoms with van der Waals surface area (Å²) < 4.78 is 30.4. The van der Waals surface area contributed by atoms with Crippen LogP contribution in [0.5, 0.6) is 0 Å². The molecule has 2 rings (SSSR count). The number of terminal acetylenes is 1. The van der Waals surface area contributed by atoms with E-state index in [1.54, 1.807) is 13.8 Å². The molecule has 1 aliphatic heterocycles. The monoisotopic (exact) mass is 314 g/mol. The molecule has 0 aromatic heterocycles. The molecule has 2 unspecified atom stereocenters. The Labute approximate surface area is 126 Å². The number of carbonyl (C=O) groups excluding carboxylic acids is 3. The molecule has 1 saturated carbocycles. The van der Waals surface area contributed by atoms with Crippen LogP contribution < -0.4 is 0 Å². The van der Waals surface area contributed by atoms with Gasteiger partial charge in [0.1, 0.15) is 6.54 Å². The summed E-state index contributed by atoms with van der Waals surface area (Å²) in [5, 5.41) is 0. The van der Waals surface area contributed by atoms with Crippen LogP contribution in [-0.4, -0.2) is 54.0 Å². The number of hydrogen-bond donors (Lipinski definition) is 0. The Balaban J connectivity index is 1.92. The number of halogens is 2. The lowest BCUT2D eigenvalue weighted by molar-refractivity contribution is -0.152. The molecular weight excluding hydrogens is 298 g/mol. The summed E-state index contributed by atoms with van der Waals surface area (Å²) in [6.45, 7) is 2.31. The third kappa shape index (κ3) is 2.63. The predicted octanol–water partition coefficient (Wildman–Crippen LogP) is 0.922. The largest absolute Gasteiger partial charge is 0.443 e. The van der Waals surface area contributed by atoms with E-state index in [1.165, 1.54) is 0 Å². The third-order valence-corrected chi connectivity index (χ3v) is 4.18. The zero-order valence-corrected chi connectivity index (χ0v) is 12.2. The minimum atomic E-state index is -2.62. The van der Waals surface area contributed by atoms with Crippen LogP contribution in [0.1, 0.15) is 13.8 Å². The molecule has 2 atom stereocenters. The van der Waals surface area contributed by atoms with Crippen molar-refractivity contribution in [3.8, 4) is 12.3 Å². The number of carbonyl (C=O) groups is 3. The second kappa shape index (κ2) is 5.55. The number of nitrogens with zero attached hydrogens (tertiary/aromatic N) is 2. The molecule has 22 heavy (non-hydrogen) atoms. The third-order valence-electron chi connectivity index (χ3n) is 4.18. The lowest BCUT2D eigenvalue weighted by atomic mass is 10.1. The molecule has 0 aromatic carbocycles. The Morgan fingerprint density at radius 2 is 2.14 bits per heavy atom. The highest BCUT2D eigenvalue weighted by Gasteiger charge is 2.66. The van der Waals surface area contributed by atoms with Gasteiger partial charge in [0, 0.05) is 5.92 Å². The van der Waals surface area contributed by atoms with Crippen molar-refractivity contribution in [1.82, 2.24) is 9.80 Å². The second-order valence-corrected chi connectivity index (χ2v) is 5.92. The van der Waals surface area contributed by atoms with Gasteiger partial charge in [-0.1, -0.05) is 19.8 Å². The summed E-state index contributed by atoms with van der Waals surface area (Å²) >= 11 is 0. The number of rotatable bonds is 5. The smallest absolute Gasteiger partial charge is 0.330 e. The van der Waals surface area contributed by atoms with Crippen molar-refractivity contribution in [3.63, 3.8) is 0 Å². The van der Waals surface area contributed by atoms with Crippen LogP contribution in [0.4, 0.5) is 13.6 Å².